The predicted octanol–water partition coefficient (Wildman–Crippen LogP) is 5.79. The molecule has 0 saturated carbocycles. The van der Waals surface area contributed by atoms with Crippen molar-refractivity contribution in [1.29, 1.82) is 0 Å². The van der Waals surface area contributed by atoms with E-state index in [9.17, 15) is 14.9 Å². The summed E-state index contributed by atoms with van der Waals surface area (Å²) in [6.07, 6.45) is 5.88. The first-order chi connectivity index (χ1) is 16.9. The van der Waals surface area contributed by atoms with Crippen LogP contribution >= 0.6 is 11.6 Å². The Balaban J connectivity index is 1.68. The summed E-state index contributed by atoms with van der Waals surface area (Å²) in [7, 11) is 3.02. The van der Waals surface area contributed by atoms with Crippen LogP contribution in [0.4, 0.5) is 5.69 Å². The van der Waals surface area contributed by atoms with Gasteiger partial charge in [0.15, 0.2) is 6.61 Å². The number of nitrogens with one attached hydrogen (secondary N) is 1. The second kappa shape index (κ2) is 12.2. The van der Waals surface area contributed by atoms with Crippen molar-refractivity contribution in [2.45, 2.75) is 0 Å². The van der Waals surface area contributed by atoms with E-state index in [-0.39, 0.29) is 12.5 Å². The lowest BCUT2D eigenvalue weighted by Gasteiger charge is -2.11. The Morgan fingerprint density at radius 2 is 1.69 bits per heavy atom. The molecule has 0 aromatic heterocycles. The van der Waals surface area contributed by atoms with Gasteiger partial charge in [-0.1, -0.05) is 35.9 Å². The molecule has 35 heavy (non-hydrogen) atoms. The molecule has 0 radical (unpaired) electrons. The van der Waals surface area contributed by atoms with Gasteiger partial charge in [0, 0.05) is 28.4 Å². The number of ether oxygens (including phenoxy) is 3. The van der Waals surface area contributed by atoms with Gasteiger partial charge in [-0.2, -0.15) is 0 Å². The summed E-state index contributed by atoms with van der Waals surface area (Å²) in [5, 5.41) is 14.1. The first-order valence-electron chi connectivity index (χ1n) is 10.4. The molecule has 0 heterocycles. The van der Waals surface area contributed by atoms with E-state index in [2.05, 4.69) is 5.32 Å². The number of methoxy groups -OCH3 is 2. The van der Waals surface area contributed by atoms with Crippen LogP contribution in [0.3, 0.4) is 0 Å². The van der Waals surface area contributed by atoms with Crippen LogP contribution in [0, 0.1) is 10.1 Å². The van der Waals surface area contributed by atoms with Gasteiger partial charge in [0.25, 0.3) is 5.91 Å². The average Bonchev–Trinajstić information content (AvgIpc) is 2.86. The number of carbonyl (C=O) groups excluding carboxylic acids is 1. The van der Waals surface area contributed by atoms with Crippen molar-refractivity contribution in [3.05, 3.63) is 98.7 Å². The van der Waals surface area contributed by atoms with E-state index < -0.39 is 4.92 Å². The Kier molecular flexibility index (Phi) is 8.86. The van der Waals surface area contributed by atoms with Crippen molar-refractivity contribution in [1.82, 2.24) is 0 Å². The topological polar surface area (TPSA) is 99.9 Å². The number of benzene rings is 3. The molecule has 8 nitrogen and oxygen atoms in total. The first-order valence-corrected chi connectivity index (χ1v) is 10.8. The fraction of sp³-hybridized carbons (Fsp3) is 0.115. The molecule has 0 saturated heterocycles. The van der Waals surface area contributed by atoms with Gasteiger partial charge in [-0.15, -0.1) is 0 Å². The molecule has 180 valence electrons. The van der Waals surface area contributed by atoms with E-state index in [1.807, 2.05) is 18.2 Å². The number of anilines is 1. The molecule has 0 unspecified atom stereocenters. The largest absolute Gasteiger partial charge is 0.497 e. The minimum Gasteiger partial charge on any atom is -0.497 e. The molecule has 3 aromatic rings. The fourth-order valence-corrected chi connectivity index (χ4v) is 3.23. The lowest BCUT2D eigenvalue weighted by molar-refractivity contribution is -0.400. The van der Waals surface area contributed by atoms with E-state index in [1.54, 1.807) is 54.6 Å². The third-order valence-electron chi connectivity index (χ3n) is 4.80. The first kappa shape index (κ1) is 25.3. The standard InChI is InChI=1S/C26H23ClN2O6/c1-33-23-15-19(24(13-14-29(31)32)25(16-23)34-2)6-3-18-4-11-22(12-5-18)35-17-26(30)28-21-9-7-20(27)8-10-21/h3-16H,17H2,1-2H3,(H,28,30)/b6-3+,14-13+. The Morgan fingerprint density at radius 1 is 0.971 bits per heavy atom. The van der Waals surface area contributed by atoms with Crippen LogP contribution in [0.5, 0.6) is 17.2 Å². The molecule has 0 aliphatic heterocycles. The molecule has 0 atom stereocenters. The zero-order chi connectivity index (χ0) is 25.2. The second-order valence-corrected chi connectivity index (χ2v) is 7.62. The molecule has 0 spiro atoms. The monoisotopic (exact) mass is 494 g/mol. The zero-order valence-corrected chi connectivity index (χ0v) is 19.8. The van der Waals surface area contributed by atoms with Gasteiger partial charge >= 0.3 is 0 Å². The van der Waals surface area contributed by atoms with Crippen molar-refractivity contribution in [3.63, 3.8) is 0 Å². The summed E-state index contributed by atoms with van der Waals surface area (Å²) < 4.78 is 16.2. The second-order valence-electron chi connectivity index (χ2n) is 7.18. The Hall–Kier alpha value is -4.30. The summed E-state index contributed by atoms with van der Waals surface area (Å²) in [6, 6.07) is 17.3. The third-order valence-corrected chi connectivity index (χ3v) is 5.05. The molecule has 3 rings (SSSR count). The van der Waals surface area contributed by atoms with Crippen LogP contribution in [0.1, 0.15) is 16.7 Å². The Labute approximate surface area is 207 Å². The van der Waals surface area contributed by atoms with Gasteiger partial charge in [-0.25, -0.2) is 0 Å². The third kappa shape index (κ3) is 7.62. The number of nitrogens with zero attached hydrogens (tertiary/aromatic N) is 1. The van der Waals surface area contributed by atoms with E-state index in [4.69, 9.17) is 25.8 Å². The maximum atomic E-state index is 12.1. The zero-order valence-electron chi connectivity index (χ0n) is 19.1. The van der Waals surface area contributed by atoms with Crippen molar-refractivity contribution in [3.8, 4) is 17.2 Å². The lowest BCUT2D eigenvalue weighted by atomic mass is 10.0. The highest BCUT2D eigenvalue weighted by Crippen LogP contribution is 2.31. The quantitative estimate of drug-likeness (QED) is 0.217. The summed E-state index contributed by atoms with van der Waals surface area (Å²) in [5.41, 5.74) is 2.71. The average molecular weight is 495 g/mol. The van der Waals surface area contributed by atoms with Gasteiger partial charge in [0.2, 0.25) is 6.20 Å². The van der Waals surface area contributed by atoms with Crippen molar-refractivity contribution >= 4 is 41.4 Å². The number of amides is 1. The SMILES string of the molecule is COc1cc(/C=C/c2ccc(OCC(=O)Nc3ccc(Cl)cc3)cc2)c(/C=C/[N+](=O)[O-])c(OC)c1. The molecule has 1 N–H and O–H groups in total. The maximum absolute atomic E-state index is 12.1. The number of hydrogen-bond acceptors (Lipinski definition) is 6. The number of carbonyl (C=O) groups is 1. The molecule has 0 bridgehead atoms. The van der Waals surface area contributed by atoms with Crippen LogP contribution in [-0.2, 0) is 4.79 Å². The minimum absolute atomic E-state index is 0.145. The highest BCUT2D eigenvalue weighted by atomic mass is 35.5. The highest BCUT2D eigenvalue weighted by Gasteiger charge is 2.10. The van der Waals surface area contributed by atoms with E-state index in [1.165, 1.54) is 20.3 Å². The van der Waals surface area contributed by atoms with Gasteiger partial charge in [-0.05, 0) is 53.6 Å². The fourth-order valence-electron chi connectivity index (χ4n) is 3.10. The van der Waals surface area contributed by atoms with Crippen LogP contribution in [-0.4, -0.2) is 31.7 Å². The van der Waals surface area contributed by atoms with Crippen molar-refractivity contribution < 1.29 is 23.9 Å². The summed E-state index contributed by atoms with van der Waals surface area (Å²) in [5.74, 6) is 1.24. The van der Waals surface area contributed by atoms with Crippen molar-refractivity contribution in [2.24, 2.45) is 0 Å². The molecule has 0 aliphatic rings. The van der Waals surface area contributed by atoms with Gasteiger partial charge in [0.1, 0.15) is 17.2 Å². The number of rotatable bonds is 10. The summed E-state index contributed by atoms with van der Waals surface area (Å²) >= 11 is 5.84. The molecular formula is C26H23ClN2O6. The smallest absolute Gasteiger partial charge is 0.262 e. The van der Waals surface area contributed by atoms with Crippen molar-refractivity contribution in [2.75, 3.05) is 26.1 Å². The normalized spacial score (nSPS) is 10.9. The number of hydrogen-bond donors (Lipinski definition) is 1. The number of nitro groups is 1. The maximum Gasteiger partial charge on any atom is 0.262 e. The highest BCUT2D eigenvalue weighted by molar-refractivity contribution is 6.30. The lowest BCUT2D eigenvalue weighted by Crippen LogP contribution is -2.20. The van der Waals surface area contributed by atoms with Gasteiger partial charge in [0.05, 0.1) is 19.1 Å². The van der Waals surface area contributed by atoms with Crippen LogP contribution in [0.25, 0.3) is 18.2 Å². The van der Waals surface area contributed by atoms with Crippen LogP contribution in [0.2, 0.25) is 5.02 Å². The summed E-state index contributed by atoms with van der Waals surface area (Å²) in [4.78, 5) is 22.4. The molecule has 9 heteroatoms. The summed E-state index contributed by atoms with van der Waals surface area (Å²) in [6.45, 7) is -0.145. The van der Waals surface area contributed by atoms with Gasteiger partial charge in [-0.3, -0.25) is 14.9 Å². The van der Waals surface area contributed by atoms with E-state index in [0.29, 0.717) is 39.1 Å². The van der Waals surface area contributed by atoms with E-state index >= 15 is 0 Å². The molecule has 3 aromatic carbocycles. The molecule has 0 fully saturated rings. The molecular weight excluding hydrogens is 472 g/mol. The molecule has 0 aliphatic carbocycles. The predicted molar refractivity (Wildman–Crippen MR) is 137 cm³/mol. The minimum atomic E-state index is -0.536. The number of halogens is 1. The molecule has 1 amide bonds. The van der Waals surface area contributed by atoms with Crippen LogP contribution < -0.4 is 19.5 Å². The van der Waals surface area contributed by atoms with E-state index in [0.717, 1.165) is 11.8 Å². The Morgan fingerprint density at radius 3 is 2.31 bits per heavy atom. The van der Waals surface area contributed by atoms with Gasteiger partial charge < -0.3 is 19.5 Å². The van der Waals surface area contributed by atoms with Crippen LogP contribution in [0.15, 0.2) is 66.9 Å². The Bertz CT molecular complexity index is 1240.